The van der Waals surface area contributed by atoms with Crippen molar-refractivity contribution in [2.24, 2.45) is 0 Å². The first-order valence-corrected chi connectivity index (χ1v) is 9.94. The van der Waals surface area contributed by atoms with Crippen molar-refractivity contribution >= 4 is 58.0 Å². The molecule has 3 rings (SSSR count). The van der Waals surface area contributed by atoms with Gasteiger partial charge < -0.3 is 20.7 Å². The van der Waals surface area contributed by atoms with Crippen molar-refractivity contribution in [3.63, 3.8) is 0 Å². The number of hydrogen-bond acceptors (Lipinski definition) is 5. The Kier molecular flexibility index (Phi) is 6.06. The van der Waals surface area contributed by atoms with Crippen LogP contribution < -0.4 is 20.7 Å². The van der Waals surface area contributed by atoms with Gasteiger partial charge in [-0.05, 0) is 17.5 Å². The predicted octanol–water partition coefficient (Wildman–Crippen LogP) is 3.79. The van der Waals surface area contributed by atoms with Gasteiger partial charge in [0.15, 0.2) is 6.61 Å². The van der Waals surface area contributed by atoms with Crippen LogP contribution in [0.5, 0.6) is 5.75 Å². The molecule has 0 aliphatic carbocycles. The summed E-state index contributed by atoms with van der Waals surface area (Å²) in [4.78, 5) is 24.6. The molecule has 0 fully saturated rings. The van der Waals surface area contributed by atoms with Gasteiger partial charge in [0.05, 0.1) is 16.4 Å². The van der Waals surface area contributed by atoms with E-state index in [-0.39, 0.29) is 18.5 Å². The molecular weight excluding hydrogens is 382 g/mol. The van der Waals surface area contributed by atoms with Gasteiger partial charge >= 0.3 is 6.03 Å². The molecule has 1 aromatic carbocycles. The highest BCUT2D eigenvalue weighted by molar-refractivity contribution is 7.98. The standard InChI is InChI=1S/C16H16ClN3O3S2/c17-11-6-13-14(23-8-15(21)19-13)7-12(11)20-16(22)18-3-5-24-9-10-2-1-4-25-10/h1-2,4,6-7H,3,5,8-9H2,(H,19,21)(H2,18,20,22). The molecule has 1 aliphatic rings. The molecule has 132 valence electrons. The van der Waals surface area contributed by atoms with Crippen LogP contribution in [0.25, 0.3) is 0 Å². The first-order valence-electron chi connectivity index (χ1n) is 7.53. The number of carbonyl (C=O) groups excluding carboxylic acids is 2. The predicted molar refractivity (Wildman–Crippen MR) is 103 cm³/mol. The van der Waals surface area contributed by atoms with Crippen LogP contribution in [-0.4, -0.2) is 30.8 Å². The van der Waals surface area contributed by atoms with Gasteiger partial charge in [0.25, 0.3) is 5.91 Å². The lowest BCUT2D eigenvalue weighted by Crippen LogP contribution is -2.31. The third kappa shape index (κ3) is 5.04. The molecule has 0 bridgehead atoms. The third-order valence-corrected chi connectivity index (χ3v) is 5.69. The number of hydrogen-bond donors (Lipinski definition) is 3. The van der Waals surface area contributed by atoms with E-state index in [4.69, 9.17) is 16.3 Å². The van der Waals surface area contributed by atoms with Gasteiger partial charge in [-0.1, -0.05) is 17.7 Å². The highest BCUT2D eigenvalue weighted by Gasteiger charge is 2.18. The summed E-state index contributed by atoms with van der Waals surface area (Å²) >= 11 is 9.63. The lowest BCUT2D eigenvalue weighted by Gasteiger charge is -2.19. The number of thiophene rings is 1. The average molecular weight is 398 g/mol. The summed E-state index contributed by atoms with van der Waals surface area (Å²) in [6, 6.07) is 6.95. The summed E-state index contributed by atoms with van der Waals surface area (Å²) in [5, 5.41) is 10.5. The number of nitrogens with one attached hydrogen (secondary N) is 3. The lowest BCUT2D eigenvalue weighted by atomic mass is 10.2. The second-order valence-electron chi connectivity index (χ2n) is 5.18. The first kappa shape index (κ1) is 17.9. The smallest absolute Gasteiger partial charge is 0.319 e. The van der Waals surface area contributed by atoms with Crippen LogP contribution in [0.15, 0.2) is 29.6 Å². The number of ether oxygens (including phenoxy) is 1. The minimum atomic E-state index is -0.335. The molecule has 0 unspecified atom stereocenters. The van der Waals surface area contributed by atoms with Crippen molar-refractivity contribution in [1.29, 1.82) is 0 Å². The van der Waals surface area contributed by atoms with E-state index in [1.807, 2.05) is 6.07 Å². The fourth-order valence-corrected chi connectivity index (χ4v) is 4.08. The van der Waals surface area contributed by atoms with E-state index in [1.54, 1.807) is 35.2 Å². The molecule has 3 N–H and O–H groups in total. The summed E-state index contributed by atoms with van der Waals surface area (Å²) in [6.07, 6.45) is 0. The second kappa shape index (κ2) is 8.46. The van der Waals surface area contributed by atoms with Gasteiger partial charge in [-0.2, -0.15) is 11.8 Å². The fourth-order valence-electron chi connectivity index (χ4n) is 2.17. The molecule has 0 saturated heterocycles. The van der Waals surface area contributed by atoms with Crippen LogP contribution >= 0.6 is 34.7 Å². The molecule has 6 nitrogen and oxygen atoms in total. The number of carbonyl (C=O) groups is 2. The number of thioether (sulfide) groups is 1. The highest BCUT2D eigenvalue weighted by Crippen LogP contribution is 2.36. The minimum absolute atomic E-state index is 0.0538. The number of halogens is 1. The maximum Gasteiger partial charge on any atom is 0.319 e. The van der Waals surface area contributed by atoms with Crippen LogP contribution in [0.3, 0.4) is 0 Å². The largest absolute Gasteiger partial charge is 0.482 e. The van der Waals surface area contributed by atoms with E-state index >= 15 is 0 Å². The summed E-state index contributed by atoms with van der Waals surface area (Å²) in [5.41, 5.74) is 0.928. The molecule has 2 heterocycles. The Hall–Kier alpha value is -1.90. The number of amides is 3. The van der Waals surface area contributed by atoms with Crippen LogP contribution in [0.1, 0.15) is 4.88 Å². The molecule has 1 aliphatic heterocycles. The summed E-state index contributed by atoms with van der Waals surface area (Å²) in [6.45, 7) is 0.499. The number of benzene rings is 1. The zero-order valence-electron chi connectivity index (χ0n) is 13.1. The van der Waals surface area contributed by atoms with Crippen LogP contribution in [0, 0.1) is 0 Å². The van der Waals surface area contributed by atoms with Gasteiger partial charge in [0, 0.05) is 29.0 Å². The Morgan fingerprint density at radius 1 is 1.44 bits per heavy atom. The Labute approximate surface area is 158 Å². The number of fused-ring (bicyclic) bond motifs is 1. The molecule has 2 aromatic rings. The van der Waals surface area contributed by atoms with Gasteiger partial charge in [-0.15, -0.1) is 11.3 Å². The van der Waals surface area contributed by atoms with Gasteiger partial charge in [0.1, 0.15) is 5.75 Å². The first-order chi connectivity index (χ1) is 12.1. The summed E-state index contributed by atoms with van der Waals surface area (Å²) < 4.78 is 5.32. The monoisotopic (exact) mass is 397 g/mol. The molecule has 0 saturated carbocycles. The van der Waals surface area contributed by atoms with Crippen molar-refractivity contribution in [2.45, 2.75) is 5.75 Å². The SMILES string of the molecule is O=C1COc2cc(NC(=O)NCCSCc3cccs3)c(Cl)cc2N1. The zero-order valence-corrected chi connectivity index (χ0v) is 15.5. The molecule has 25 heavy (non-hydrogen) atoms. The number of urea groups is 1. The topological polar surface area (TPSA) is 79.5 Å². The average Bonchev–Trinajstić information content (AvgIpc) is 3.09. The van der Waals surface area contributed by atoms with E-state index < -0.39 is 0 Å². The van der Waals surface area contributed by atoms with E-state index in [2.05, 4.69) is 27.4 Å². The minimum Gasteiger partial charge on any atom is -0.482 e. The Bertz CT molecular complexity index is 768. The van der Waals surface area contributed by atoms with E-state index in [1.165, 1.54) is 4.88 Å². The number of rotatable bonds is 6. The van der Waals surface area contributed by atoms with Crippen LogP contribution in [0.2, 0.25) is 5.02 Å². The van der Waals surface area contributed by atoms with E-state index in [0.717, 1.165) is 11.5 Å². The second-order valence-corrected chi connectivity index (χ2v) is 7.72. The van der Waals surface area contributed by atoms with Gasteiger partial charge in [0.2, 0.25) is 0 Å². The summed E-state index contributed by atoms with van der Waals surface area (Å²) in [7, 11) is 0. The molecule has 9 heteroatoms. The number of anilines is 2. The van der Waals surface area contributed by atoms with E-state index in [9.17, 15) is 9.59 Å². The zero-order chi connectivity index (χ0) is 17.6. The van der Waals surface area contributed by atoms with Crippen molar-refractivity contribution < 1.29 is 14.3 Å². The highest BCUT2D eigenvalue weighted by atomic mass is 35.5. The van der Waals surface area contributed by atoms with E-state index in [0.29, 0.717) is 28.7 Å². The molecular formula is C16H16ClN3O3S2. The van der Waals surface area contributed by atoms with Gasteiger partial charge in [-0.3, -0.25) is 4.79 Å². The van der Waals surface area contributed by atoms with Gasteiger partial charge in [-0.25, -0.2) is 4.79 Å². The summed E-state index contributed by atoms with van der Waals surface area (Å²) in [5.74, 6) is 2.01. The van der Waals surface area contributed by atoms with Crippen molar-refractivity contribution in [3.05, 3.63) is 39.5 Å². The van der Waals surface area contributed by atoms with Crippen LogP contribution in [-0.2, 0) is 10.5 Å². The quantitative estimate of drug-likeness (QED) is 0.648. The molecule has 0 atom stereocenters. The maximum absolute atomic E-state index is 12.0. The molecule has 0 radical (unpaired) electrons. The van der Waals surface area contributed by atoms with Crippen molar-refractivity contribution in [1.82, 2.24) is 5.32 Å². The fraction of sp³-hybridized carbons (Fsp3) is 0.250. The Morgan fingerprint density at radius 3 is 3.12 bits per heavy atom. The molecule has 0 spiro atoms. The van der Waals surface area contributed by atoms with Crippen molar-refractivity contribution in [3.8, 4) is 5.75 Å². The third-order valence-electron chi connectivity index (χ3n) is 3.31. The normalized spacial score (nSPS) is 12.8. The Balaban J connectivity index is 1.45. The molecule has 1 aromatic heterocycles. The van der Waals surface area contributed by atoms with Crippen molar-refractivity contribution in [2.75, 3.05) is 29.5 Å². The Morgan fingerprint density at radius 2 is 2.32 bits per heavy atom. The molecule has 3 amide bonds. The van der Waals surface area contributed by atoms with Crippen LogP contribution in [0.4, 0.5) is 16.2 Å². The lowest BCUT2D eigenvalue weighted by molar-refractivity contribution is -0.118. The maximum atomic E-state index is 12.0.